The lowest BCUT2D eigenvalue weighted by Gasteiger charge is -2.07. The van der Waals surface area contributed by atoms with Crippen molar-refractivity contribution in [1.29, 1.82) is 0 Å². The highest BCUT2D eigenvalue weighted by molar-refractivity contribution is 5.67. The molecule has 5 heteroatoms. The van der Waals surface area contributed by atoms with Crippen molar-refractivity contribution in [3.8, 4) is 0 Å². The first kappa shape index (κ1) is 15.3. The third kappa shape index (κ3) is 4.80. The van der Waals surface area contributed by atoms with Crippen molar-refractivity contribution in [3.05, 3.63) is 12.2 Å². The molecule has 0 bridgehead atoms. The van der Waals surface area contributed by atoms with Gasteiger partial charge in [-0.25, -0.2) is 4.79 Å². The number of carbonyl (C=O) groups excluding carboxylic acids is 1. The largest absolute Gasteiger partial charge is 0.449 e. The maximum atomic E-state index is 11.5. The topological polar surface area (TPSA) is 73.6 Å². The first-order chi connectivity index (χ1) is 9.83. The monoisotopic (exact) mass is 282 g/mol. The number of nitrogens with one attached hydrogen (secondary N) is 1. The quantitative estimate of drug-likeness (QED) is 0.550. The Balaban J connectivity index is 1.53. The Kier molecular flexibility index (Phi) is 6.33. The van der Waals surface area contributed by atoms with Crippen LogP contribution in [0.15, 0.2) is 12.2 Å². The van der Waals surface area contributed by atoms with E-state index in [0.717, 1.165) is 11.8 Å². The molecule has 114 valence electrons. The summed E-state index contributed by atoms with van der Waals surface area (Å²) < 4.78 is 10.5. The van der Waals surface area contributed by atoms with Crippen LogP contribution in [0.2, 0.25) is 0 Å². The standard InChI is InChI=1S/C15H26N2O3/c16-7-9-19-10-8-17-15(18)20-11-14-12-5-3-1-2-4-6-13(12)14/h1-2,12-14H,3-11,16H2,(H,17,18)/b2-1-/t12-,13+,14?. The predicted molar refractivity (Wildman–Crippen MR) is 77.3 cm³/mol. The number of carbonyl (C=O) groups is 1. The minimum absolute atomic E-state index is 0.334. The van der Waals surface area contributed by atoms with E-state index in [1.54, 1.807) is 0 Å². The van der Waals surface area contributed by atoms with E-state index in [-0.39, 0.29) is 6.09 Å². The maximum Gasteiger partial charge on any atom is 0.407 e. The van der Waals surface area contributed by atoms with Gasteiger partial charge in [-0.1, -0.05) is 12.2 Å². The van der Waals surface area contributed by atoms with Crippen molar-refractivity contribution < 1.29 is 14.3 Å². The number of rotatable bonds is 7. The van der Waals surface area contributed by atoms with Gasteiger partial charge in [-0.2, -0.15) is 0 Å². The summed E-state index contributed by atoms with van der Waals surface area (Å²) in [5.74, 6) is 2.11. The van der Waals surface area contributed by atoms with Crippen molar-refractivity contribution >= 4 is 6.09 Å². The zero-order valence-electron chi connectivity index (χ0n) is 12.1. The van der Waals surface area contributed by atoms with E-state index < -0.39 is 0 Å². The molecule has 2 rings (SSSR count). The Labute approximate surface area is 120 Å². The van der Waals surface area contributed by atoms with Gasteiger partial charge in [-0.15, -0.1) is 0 Å². The number of amides is 1. The van der Waals surface area contributed by atoms with Crippen molar-refractivity contribution in [2.24, 2.45) is 23.5 Å². The van der Waals surface area contributed by atoms with Gasteiger partial charge in [-0.3, -0.25) is 0 Å². The van der Waals surface area contributed by atoms with Crippen LogP contribution < -0.4 is 11.1 Å². The molecule has 0 spiro atoms. The molecule has 1 unspecified atom stereocenters. The summed E-state index contributed by atoms with van der Waals surface area (Å²) in [7, 11) is 0. The summed E-state index contributed by atoms with van der Waals surface area (Å²) in [6.07, 6.45) is 9.04. The number of alkyl carbamates (subject to hydrolysis) is 1. The van der Waals surface area contributed by atoms with E-state index in [1.807, 2.05) is 0 Å². The van der Waals surface area contributed by atoms with Gasteiger partial charge < -0.3 is 20.5 Å². The SMILES string of the molecule is NCCOCCNC(=O)OCC1[C@H]2CC/C=C\CC[C@@H]12. The third-order valence-electron chi connectivity index (χ3n) is 4.19. The highest BCUT2D eigenvalue weighted by Gasteiger charge is 2.49. The number of ether oxygens (including phenoxy) is 2. The highest BCUT2D eigenvalue weighted by Crippen LogP contribution is 2.52. The average Bonchev–Trinajstić information content (AvgIpc) is 3.06. The number of allylic oxidation sites excluding steroid dienone is 2. The molecular weight excluding hydrogens is 256 g/mol. The smallest absolute Gasteiger partial charge is 0.407 e. The average molecular weight is 282 g/mol. The second kappa shape index (κ2) is 8.27. The van der Waals surface area contributed by atoms with Crippen LogP contribution >= 0.6 is 0 Å². The fourth-order valence-corrected chi connectivity index (χ4v) is 3.07. The van der Waals surface area contributed by atoms with Gasteiger partial charge in [-0.05, 0) is 43.4 Å². The van der Waals surface area contributed by atoms with Gasteiger partial charge in [0, 0.05) is 13.1 Å². The summed E-state index contributed by atoms with van der Waals surface area (Å²) in [5.41, 5.74) is 5.30. The molecule has 5 nitrogen and oxygen atoms in total. The molecule has 3 atom stereocenters. The molecule has 3 N–H and O–H groups in total. The lowest BCUT2D eigenvalue weighted by atomic mass is 10.1. The molecule has 0 aliphatic heterocycles. The van der Waals surface area contributed by atoms with Crippen LogP contribution in [0.1, 0.15) is 25.7 Å². The van der Waals surface area contributed by atoms with E-state index >= 15 is 0 Å². The Hall–Kier alpha value is -1.07. The number of fused-ring (bicyclic) bond motifs is 1. The van der Waals surface area contributed by atoms with Crippen molar-refractivity contribution in [2.75, 3.05) is 32.9 Å². The zero-order valence-corrected chi connectivity index (χ0v) is 12.1. The summed E-state index contributed by atoms with van der Waals surface area (Å²) >= 11 is 0. The van der Waals surface area contributed by atoms with Crippen molar-refractivity contribution in [1.82, 2.24) is 5.32 Å². The van der Waals surface area contributed by atoms with Gasteiger partial charge in [0.15, 0.2) is 0 Å². The lowest BCUT2D eigenvalue weighted by Crippen LogP contribution is -2.29. The lowest BCUT2D eigenvalue weighted by molar-refractivity contribution is 0.121. The molecule has 1 saturated carbocycles. The van der Waals surface area contributed by atoms with E-state index in [4.69, 9.17) is 15.2 Å². The highest BCUT2D eigenvalue weighted by atomic mass is 16.5. The van der Waals surface area contributed by atoms with Crippen LogP contribution in [0, 0.1) is 17.8 Å². The molecule has 20 heavy (non-hydrogen) atoms. The van der Waals surface area contributed by atoms with Crippen LogP contribution in [-0.4, -0.2) is 39.0 Å². The van der Waals surface area contributed by atoms with Crippen LogP contribution in [0.5, 0.6) is 0 Å². The maximum absolute atomic E-state index is 11.5. The fraction of sp³-hybridized carbons (Fsp3) is 0.800. The third-order valence-corrected chi connectivity index (χ3v) is 4.19. The minimum Gasteiger partial charge on any atom is -0.449 e. The Bertz CT molecular complexity index is 317. The van der Waals surface area contributed by atoms with Gasteiger partial charge in [0.05, 0.1) is 19.8 Å². The van der Waals surface area contributed by atoms with Crippen LogP contribution in [0.3, 0.4) is 0 Å². The van der Waals surface area contributed by atoms with Crippen LogP contribution in [0.4, 0.5) is 4.79 Å². The van der Waals surface area contributed by atoms with Crippen molar-refractivity contribution in [2.45, 2.75) is 25.7 Å². The normalized spacial score (nSPS) is 29.8. The first-order valence-corrected chi connectivity index (χ1v) is 7.66. The van der Waals surface area contributed by atoms with Crippen LogP contribution in [0.25, 0.3) is 0 Å². The molecule has 0 heterocycles. The molecule has 2 aliphatic rings. The molecular formula is C15H26N2O3. The summed E-state index contributed by atoms with van der Waals surface area (Å²) in [5, 5.41) is 2.69. The molecule has 2 aliphatic carbocycles. The number of hydrogen-bond donors (Lipinski definition) is 2. The van der Waals surface area contributed by atoms with Gasteiger partial charge >= 0.3 is 6.09 Å². The van der Waals surface area contributed by atoms with Crippen molar-refractivity contribution in [3.63, 3.8) is 0 Å². The van der Waals surface area contributed by atoms with Gasteiger partial charge in [0.1, 0.15) is 0 Å². The fourth-order valence-electron chi connectivity index (χ4n) is 3.07. The summed E-state index contributed by atoms with van der Waals surface area (Å²) in [4.78, 5) is 11.5. The number of nitrogens with two attached hydrogens (primary N) is 1. The molecule has 1 fully saturated rings. The zero-order chi connectivity index (χ0) is 14.2. The Morgan fingerprint density at radius 3 is 2.55 bits per heavy atom. The summed E-state index contributed by atoms with van der Waals surface area (Å²) in [6, 6.07) is 0. The van der Waals surface area contributed by atoms with Crippen LogP contribution in [-0.2, 0) is 9.47 Å². The Morgan fingerprint density at radius 2 is 1.90 bits per heavy atom. The van der Waals surface area contributed by atoms with E-state index in [9.17, 15) is 4.79 Å². The minimum atomic E-state index is -0.334. The van der Waals surface area contributed by atoms with Gasteiger partial charge in [0.2, 0.25) is 0 Å². The molecule has 0 aromatic heterocycles. The molecule has 0 aromatic rings. The molecule has 0 saturated heterocycles. The molecule has 1 amide bonds. The molecule has 0 radical (unpaired) electrons. The Morgan fingerprint density at radius 1 is 1.20 bits per heavy atom. The predicted octanol–water partition coefficient (Wildman–Crippen LogP) is 1.68. The van der Waals surface area contributed by atoms with Gasteiger partial charge in [0.25, 0.3) is 0 Å². The first-order valence-electron chi connectivity index (χ1n) is 7.66. The second-order valence-electron chi connectivity index (χ2n) is 5.54. The van der Waals surface area contributed by atoms with E-state index in [1.165, 1.54) is 25.7 Å². The van der Waals surface area contributed by atoms with E-state index in [0.29, 0.717) is 38.8 Å². The second-order valence-corrected chi connectivity index (χ2v) is 5.54. The summed E-state index contributed by atoms with van der Waals surface area (Å²) in [6.45, 7) is 2.54. The molecule has 0 aromatic carbocycles. The van der Waals surface area contributed by atoms with E-state index in [2.05, 4.69) is 17.5 Å². The number of hydrogen-bond acceptors (Lipinski definition) is 4.